The van der Waals surface area contributed by atoms with E-state index < -0.39 is 0 Å². The van der Waals surface area contributed by atoms with Gasteiger partial charge in [0.2, 0.25) is 0 Å². The average molecular weight is 500 g/mol. The predicted octanol–water partition coefficient (Wildman–Crippen LogP) is 9.17. The van der Waals surface area contributed by atoms with Crippen molar-refractivity contribution in [3.63, 3.8) is 0 Å². The number of rotatable bonds is 4. The molecule has 0 saturated carbocycles. The van der Waals surface area contributed by atoms with Crippen LogP contribution in [0.25, 0.3) is 21.9 Å². The van der Waals surface area contributed by atoms with E-state index in [1.807, 2.05) is 12.3 Å². The van der Waals surface area contributed by atoms with Gasteiger partial charge in [-0.25, -0.2) is 4.98 Å². The molecule has 7 rings (SSSR count). The maximum atomic E-state index is 6.25. The fourth-order valence-electron chi connectivity index (χ4n) is 7.62. The van der Waals surface area contributed by atoms with E-state index in [-0.39, 0.29) is 17.0 Å². The first-order valence-electron chi connectivity index (χ1n) is 13.7. The third-order valence-corrected chi connectivity index (χ3v) is 9.65. The average Bonchev–Trinajstić information content (AvgIpc) is 3.51. The van der Waals surface area contributed by atoms with Crippen LogP contribution in [0.1, 0.15) is 44.7 Å². The van der Waals surface area contributed by atoms with Crippen molar-refractivity contribution in [2.45, 2.75) is 52.1 Å². The molecule has 0 radical (unpaired) electrons. The fourth-order valence-corrected chi connectivity index (χ4v) is 7.62. The van der Waals surface area contributed by atoms with Gasteiger partial charge in [-0.1, -0.05) is 63.2 Å². The number of aromatic nitrogens is 1. The number of hydrogen-bond acceptors (Lipinski definition) is 4. The maximum absolute atomic E-state index is 6.25. The number of hydrogen-bond donors (Lipinski definition) is 0. The molecular formula is C34H33N3O. The molecule has 0 spiro atoms. The molecule has 3 atom stereocenters. The molecule has 3 aromatic carbocycles. The molecule has 38 heavy (non-hydrogen) atoms. The van der Waals surface area contributed by atoms with E-state index in [1.54, 1.807) is 0 Å². The predicted molar refractivity (Wildman–Crippen MR) is 158 cm³/mol. The zero-order chi connectivity index (χ0) is 26.2. The molecule has 190 valence electrons. The molecule has 2 aliphatic heterocycles. The fraction of sp³-hybridized carbons (Fsp3) is 0.265. The summed E-state index contributed by atoms with van der Waals surface area (Å²) in [4.78, 5) is 10.1. The molecule has 0 amide bonds. The monoisotopic (exact) mass is 499 g/mol. The summed E-state index contributed by atoms with van der Waals surface area (Å²) in [6, 6.07) is 25.9. The minimum atomic E-state index is -0.194. The standard InChI is InChI=1S/C34H33N3O/c1-6-33(5)32-36(26-16-11-10-15-24(26)34(33,7-2)8-3)27-17-13-21-35-31(27)37(32)25-19-20-29-30(22(25)4)23-14-9-12-18-28(23)38-29/h7,9-21,32H,2,6,8H2,1,3-5H3. The molecule has 5 aromatic rings. The van der Waals surface area contributed by atoms with E-state index in [9.17, 15) is 0 Å². The summed E-state index contributed by atoms with van der Waals surface area (Å²) in [6.07, 6.45) is 6.13. The molecule has 0 N–H and O–H groups in total. The molecule has 2 aliphatic rings. The Hall–Kier alpha value is -4.05. The third kappa shape index (κ3) is 2.63. The maximum Gasteiger partial charge on any atom is 0.158 e. The summed E-state index contributed by atoms with van der Waals surface area (Å²) in [5.41, 5.74) is 7.62. The zero-order valence-electron chi connectivity index (χ0n) is 22.5. The van der Waals surface area contributed by atoms with Gasteiger partial charge in [0.25, 0.3) is 0 Å². The molecule has 0 aliphatic carbocycles. The van der Waals surface area contributed by atoms with Gasteiger partial charge in [0, 0.05) is 39.2 Å². The Balaban J connectivity index is 1.57. The van der Waals surface area contributed by atoms with Gasteiger partial charge in [-0.15, -0.1) is 6.58 Å². The van der Waals surface area contributed by atoms with Crippen molar-refractivity contribution >= 4 is 44.8 Å². The van der Waals surface area contributed by atoms with Crippen LogP contribution < -0.4 is 9.80 Å². The van der Waals surface area contributed by atoms with Crippen LogP contribution in [-0.2, 0) is 5.41 Å². The van der Waals surface area contributed by atoms with E-state index in [4.69, 9.17) is 9.40 Å². The van der Waals surface area contributed by atoms with Crippen molar-refractivity contribution in [2.75, 3.05) is 9.80 Å². The number of furan rings is 1. The van der Waals surface area contributed by atoms with Crippen molar-refractivity contribution in [1.29, 1.82) is 0 Å². The van der Waals surface area contributed by atoms with E-state index in [2.05, 4.69) is 117 Å². The van der Waals surface area contributed by atoms with Crippen molar-refractivity contribution in [1.82, 2.24) is 4.98 Å². The van der Waals surface area contributed by atoms with Gasteiger partial charge < -0.3 is 14.2 Å². The smallest absolute Gasteiger partial charge is 0.158 e. The number of fused-ring (bicyclic) bond motifs is 8. The van der Waals surface area contributed by atoms with Crippen LogP contribution >= 0.6 is 0 Å². The van der Waals surface area contributed by atoms with Crippen LogP contribution in [0.3, 0.4) is 0 Å². The van der Waals surface area contributed by atoms with Crippen LogP contribution in [-0.4, -0.2) is 11.1 Å². The number of pyridine rings is 1. The van der Waals surface area contributed by atoms with Gasteiger partial charge in [0.15, 0.2) is 5.82 Å². The van der Waals surface area contributed by atoms with Gasteiger partial charge in [0.05, 0.1) is 5.69 Å². The second-order valence-corrected chi connectivity index (χ2v) is 11.0. The van der Waals surface area contributed by atoms with Crippen molar-refractivity contribution in [3.05, 3.63) is 103 Å². The highest BCUT2D eigenvalue weighted by Gasteiger charge is 2.61. The van der Waals surface area contributed by atoms with E-state index >= 15 is 0 Å². The molecule has 4 nitrogen and oxygen atoms in total. The Morgan fingerprint density at radius 3 is 2.42 bits per heavy atom. The van der Waals surface area contributed by atoms with Crippen molar-refractivity contribution in [3.8, 4) is 0 Å². The molecule has 4 heteroatoms. The van der Waals surface area contributed by atoms with Crippen LogP contribution in [0.4, 0.5) is 22.9 Å². The van der Waals surface area contributed by atoms with Gasteiger partial charge in [-0.05, 0) is 67.3 Å². The molecule has 4 heterocycles. The summed E-state index contributed by atoms with van der Waals surface area (Å²) in [5.74, 6) is 0.998. The second kappa shape index (κ2) is 7.97. The third-order valence-electron chi connectivity index (χ3n) is 9.65. The Bertz CT molecular complexity index is 1730. The first-order valence-corrected chi connectivity index (χ1v) is 13.7. The first-order chi connectivity index (χ1) is 18.5. The topological polar surface area (TPSA) is 32.5 Å². The number of nitrogens with zero attached hydrogens (tertiary/aromatic N) is 3. The highest BCUT2D eigenvalue weighted by atomic mass is 16.3. The van der Waals surface area contributed by atoms with Crippen LogP contribution in [0, 0.1) is 12.3 Å². The van der Waals surface area contributed by atoms with Gasteiger partial charge in [-0.3, -0.25) is 0 Å². The number of anilines is 4. The van der Waals surface area contributed by atoms with Crippen LogP contribution in [0.2, 0.25) is 0 Å². The van der Waals surface area contributed by atoms with Crippen LogP contribution in [0.15, 0.2) is 96.1 Å². The van der Waals surface area contributed by atoms with Gasteiger partial charge >= 0.3 is 0 Å². The summed E-state index contributed by atoms with van der Waals surface area (Å²) in [6.45, 7) is 13.8. The molecule has 0 saturated heterocycles. The summed E-state index contributed by atoms with van der Waals surface area (Å²) in [7, 11) is 0. The molecule has 0 bridgehead atoms. The highest BCUT2D eigenvalue weighted by molar-refractivity contribution is 6.09. The molecular weight excluding hydrogens is 466 g/mol. The van der Waals surface area contributed by atoms with Crippen LogP contribution in [0.5, 0.6) is 0 Å². The lowest BCUT2D eigenvalue weighted by molar-refractivity contribution is 0.120. The normalized spacial score (nSPS) is 23.9. The largest absolute Gasteiger partial charge is 0.456 e. The quantitative estimate of drug-likeness (QED) is 0.231. The first kappa shape index (κ1) is 23.1. The number of aryl methyl sites for hydroxylation is 1. The van der Waals surface area contributed by atoms with E-state index in [0.29, 0.717) is 0 Å². The van der Waals surface area contributed by atoms with Gasteiger partial charge in [-0.2, -0.15) is 0 Å². The summed E-state index contributed by atoms with van der Waals surface area (Å²) in [5, 5.41) is 2.33. The highest BCUT2D eigenvalue weighted by Crippen LogP contribution is 2.64. The number of benzene rings is 3. The summed E-state index contributed by atoms with van der Waals surface area (Å²) >= 11 is 0. The zero-order valence-corrected chi connectivity index (χ0v) is 22.5. The minimum absolute atomic E-state index is 0.0274. The second-order valence-electron chi connectivity index (χ2n) is 11.0. The van der Waals surface area contributed by atoms with E-state index in [0.717, 1.165) is 40.9 Å². The summed E-state index contributed by atoms with van der Waals surface area (Å²) < 4.78 is 6.25. The van der Waals surface area contributed by atoms with Gasteiger partial charge in [0.1, 0.15) is 17.3 Å². The Labute approximate surface area is 224 Å². The van der Waals surface area contributed by atoms with E-state index in [1.165, 1.54) is 27.9 Å². The lowest BCUT2D eigenvalue weighted by Gasteiger charge is -2.59. The Morgan fingerprint density at radius 2 is 1.63 bits per heavy atom. The lowest BCUT2D eigenvalue weighted by Crippen LogP contribution is -2.62. The molecule has 2 aromatic heterocycles. The molecule has 0 fully saturated rings. The number of allylic oxidation sites excluding steroid dienone is 1. The van der Waals surface area contributed by atoms with Crippen molar-refractivity contribution in [2.24, 2.45) is 5.41 Å². The number of para-hydroxylation sites is 2. The minimum Gasteiger partial charge on any atom is -0.456 e. The van der Waals surface area contributed by atoms with Crippen molar-refractivity contribution < 1.29 is 4.42 Å². The molecule has 3 unspecified atom stereocenters. The Morgan fingerprint density at radius 1 is 0.868 bits per heavy atom. The lowest BCUT2D eigenvalue weighted by atomic mass is 9.54. The SMILES string of the molecule is C=CC1(CC)c2ccccc2N2c3cccnc3N(c3ccc4oc5ccccc5c4c3C)C2C1(C)CC. The Kier molecular flexibility index (Phi) is 4.85.